The zero-order valence-electron chi connectivity index (χ0n) is 16.1. The molecule has 4 nitrogen and oxygen atoms in total. The highest BCUT2D eigenvalue weighted by atomic mass is 35.5. The number of aryl methyl sites for hydroxylation is 1. The Morgan fingerprint density at radius 1 is 1.04 bits per heavy atom. The summed E-state index contributed by atoms with van der Waals surface area (Å²) in [5, 5.41) is 0. The van der Waals surface area contributed by atoms with Crippen molar-refractivity contribution in [3.05, 3.63) is 71.0 Å². The van der Waals surface area contributed by atoms with Crippen molar-refractivity contribution in [2.45, 2.75) is 18.7 Å². The van der Waals surface area contributed by atoms with Crippen molar-refractivity contribution in [3.8, 4) is 0 Å². The van der Waals surface area contributed by atoms with Gasteiger partial charge in [-0.05, 0) is 43.0 Å². The molecular weight excluding hydrogens is 399 g/mol. The predicted molar refractivity (Wildman–Crippen MR) is 111 cm³/mol. The number of fused-ring (bicyclic) bond motifs is 1. The molecule has 152 valence electrons. The summed E-state index contributed by atoms with van der Waals surface area (Å²) in [4.78, 5) is 2.35. The van der Waals surface area contributed by atoms with E-state index in [9.17, 15) is 12.8 Å². The lowest BCUT2D eigenvalue weighted by Crippen LogP contribution is -2.34. The van der Waals surface area contributed by atoms with Gasteiger partial charge in [-0.1, -0.05) is 42.5 Å². The molecule has 0 N–H and O–H groups in total. The van der Waals surface area contributed by atoms with Crippen LogP contribution in [0.1, 0.15) is 22.7 Å². The SMILES string of the molecule is Cc1ccccc1[C@H]1[C@@H]2CN(S(=O)(=O)Cc3ccccc3F)C[C@@H]2CN1C.Cl. The number of sulfonamides is 1. The zero-order valence-corrected chi connectivity index (χ0v) is 17.7. The summed E-state index contributed by atoms with van der Waals surface area (Å²) >= 11 is 0. The van der Waals surface area contributed by atoms with E-state index in [0.717, 1.165) is 6.54 Å². The topological polar surface area (TPSA) is 40.6 Å². The van der Waals surface area contributed by atoms with Gasteiger partial charge in [0.05, 0.1) is 5.75 Å². The smallest absolute Gasteiger partial charge is 0.218 e. The summed E-state index contributed by atoms with van der Waals surface area (Å²) in [6.07, 6.45) is 0. The summed E-state index contributed by atoms with van der Waals surface area (Å²) in [7, 11) is -1.42. The minimum atomic E-state index is -3.54. The molecule has 4 rings (SSSR count). The summed E-state index contributed by atoms with van der Waals surface area (Å²) in [5.41, 5.74) is 2.76. The molecule has 2 aliphatic heterocycles. The molecule has 28 heavy (non-hydrogen) atoms. The number of likely N-dealkylation sites (tertiary alicyclic amines) is 1. The molecule has 2 fully saturated rings. The predicted octanol–water partition coefficient (Wildman–Crippen LogP) is 3.62. The van der Waals surface area contributed by atoms with Gasteiger partial charge in [0.2, 0.25) is 10.0 Å². The third kappa shape index (κ3) is 3.83. The highest BCUT2D eigenvalue weighted by Crippen LogP contribution is 2.45. The van der Waals surface area contributed by atoms with Gasteiger partial charge in [0.25, 0.3) is 0 Å². The molecule has 3 atom stereocenters. The van der Waals surface area contributed by atoms with Crippen LogP contribution in [0.25, 0.3) is 0 Å². The fourth-order valence-corrected chi connectivity index (χ4v) is 6.36. The molecule has 0 bridgehead atoms. The third-order valence-corrected chi connectivity index (χ3v) is 7.82. The molecule has 0 unspecified atom stereocenters. The second-order valence-corrected chi connectivity index (χ2v) is 9.80. The average Bonchev–Trinajstić information content (AvgIpc) is 3.15. The summed E-state index contributed by atoms with van der Waals surface area (Å²) in [6.45, 7) is 4.02. The normalized spacial score (nSPS) is 25.5. The fourth-order valence-electron chi connectivity index (χ4n) is 4.73. The van der Waals surface area contributed by atoms with Crippen molar-refractivity contribution in [2.24, 2.45) is 11.8 Å². The van der Waals surface area contributed by atoms with E-state index in [0.29, 0.717) is 19.0 Å². The number of hydrogen-bond donors (Lipinski definition) is 0. The van der Waals surface area contributed by atoms with Crippen molar-refractivity contribution in [1.82, 2.24) is 9.21 Å². The van der Waals surface area contributed by atoms with Crippen molar-refractivity contribution in [3.63, 3.8) is 0 Å². The highest BCUT2D eigenvalue weighted by Gasteiger charge is 2.49. The lowest BCUT2D eigenvalue weighted by Gasteiger charge is -2.28. The molecule has 2 heterocycles. The first kappa shape index (κ1) is 21.2. The minimum Gasteiger partial charge on any atom is -0.299 e. The maximum atomic E-state index is 13.9. The maximum Gasteiger partial charge on any atom is 0.218 e. The summed E-state index contributed by atoms with van der Waals surface area (Å²) in [5.74, 6) is -0.149. The first-order chi connectivity index (χ1) is 12.9. The van der Waals surface area contributed by atoms with E-state index in [1.54, 1.807) is 22.5 Å². The van der Waals surface area contributed by atoms with Crippen molar-refractivity contribution < 1.29 is 12.8 Å². The number of benzene rings is 2. The average molecular weight is 425 g/mol. The van der Waals surface area contributed by atoms with Gasteiger partial charge < -0.3 is 0 Å². The Morgan fingerprint density at radius 2 is 1.71 bits per heavy atom. The fraction of sp³-hybridized carbons (Fsp3) is 0.429. The van der Waals surface area contributed by atoms with Crippen LogP contribution in [-0.4, -0.2) is 44.3 Å². The number of nitrogens with zero attached hydrogens (tertiary/aromatic N) is 2. The Morgan fingerprint density at radius 3 is 2.43 bits per heavy atom. The summed E-state index contributed by atoms with van der Waals surface area (Å²) in [6, 6.07) is 14.7. The van der Waals surface area contributed by atoms with Crippen molar-refractivity contribution in [1.29, 1.82) is 0 Å². The molecule has 2 saturated heterocycles. The Balaban J connectivity index is 0.00000225. The molecule has 0 saturated carbocycles. The molecule has 0 radical (unpaired) electrons. The first-order valence-electron chi connectivity index (χ1n) is 9.34. The second-order valence-electron chi connectivity index (χ2n) is 7.83. The third-order valence-electron chi connectivity index (χ3n) is 6.06. The number of rotatable bonds is 4. The van der Waals surface area contributed by atoms with E-state index in [-0.39, 0.29) is 35.7 Å². The quantitative estimate of drug-likeness (QED) is 0.752. The Bertz CT molecular complexity index is 953. The van der Waals surface area contributed by atoms with Crippen molar-refractivity contribution >= 4 is 22.4 Å². The molecule has 0 spiro atoms. The molecule has 0 amide bonds. The molecular formula is C21H26ClFN2O2S. The van der Waals surface area contributed by atoms with Crippen LogP contribution in [0.2, 0.25) is 0 Å². The molecule has 2 aromatic carbocycles. The molecule has 2 aromatic rings. The molecule has 7 heteroatoms. The van der Waals surface area contributed by atoms with Gasteiger partial charge in [-0.3, -0.25) is 4.90 Å². The van der Waals surface area contributed by atoms with Gasteiger partial charge >= 0.3 is 0 Å². The highest BCUT2D eigenvalue weighted by molar-refractivity contribution is 7.88. The van der Waals surface area contributed by atoms with Crippen molar-refractivity contribution in [2.75, 3.05) is 26.7 Å². The Kier molecular flexibility index (Phi) is 6.15. The van der Waals surface area contributed by atoms with Crippen LogP contribution >= 0.6 is 12.4 Å². The van der Waals surface area contributed by atoms with E-state index in [1.165, 1.54) is 17.2 Å². The minimum absolute atomic E-state index is 0. The van der Waals surface area contributed by atoms with Crippen LogP contribution in [0, 0.1) is 24.6 Å². The van der Waals surface area contributed by atoms with Crippen LogP contribution in [0.4, 0.5) is 4.39 Å². The van der Waals surface area contributed by atoms with Gasteiger partial charge in [-0.25, -0.2) is 17.1 Å². The van der Waals surface area contributed by atoms with Crippen LogP contribution in [0.3, 0.4) is 0 Å². The lowest BCUT2D eigenvalue weighted by molar-refractivity contribution is 0.260. The molecule has 0 aromatic heterocycles. The van der Waals surface area contributed by atoms with E-state index < -0.39 is 15.8 Å². The monoisotopic (exact) mass is 424 g/mol. The van der Waals surface area contributed by atoms with Gasteiger partial charge in [0.15, 0.2) is 0 Å². The van der Waals surface area contributed by atoms with Gasteiger partial charge in [-0.2, -0.15) is 0 Å². The number of halogens is 2. The van der Waals surface area contributed by atoms with Gasteiger partial charge in [0.1, 0.15) is 5.82 Å². The molecule has 2 aliphatic rings. The van der Waals surface area contributed by atoms with Crippen LogP contribution in [-0.2, 0) is 15.8 Å². The number of hydrogen-bond acceptors (Lipinski definition) is 3. The Labute approximate surface area is 172 Å². The first-order valence-corrected chi connectivity index (χ1v) is 10.9. The summed E-state index contributed by atoms with van der Waals surface area (Å²) < 4.78 is 41.3. The van der Waals surface area contributed by atoms with Gasteiger partial charge in [0, 0.05) is 31.2 Å². The van der Waals surface area contributed by atoms with E-state index in [2.05, 4.69) is 31.0 Å². The largest absolute Gasteiger partial charge is 0.299 e. The van der Waals surface area contributed by atoms with Crippen LogP contribution in [0.15, 0.2) is 48.5 Å². The van der Waals surface area contributed by atoms with E-state index in [4.69, 9.17) is 0 Å². The zero-order chi connectivity index (χ0) is 19.2. The van der Waals surface area contributed by atoms with Crippen LogP contribution in [0.5, 0.6) is 0 Å². The van der Waals surface area contributed by atoms with Gasteiger partial charge in [-0.15, -0.1) is 12.4 Å². The second kappa shape index (κ2) is 8.11. The Hall–Kier alpha value is -1.47. The standard InChI is InChI=1S/C21H25FN2O2S.ClH/c1-15-7-3-5-9-18(15)21-19-13-24(12-17(19)11-23(21)2)27(25,26)14-16-8-4-6-10-20(16)22;/h3-10,17,19,21H,11-14H2,1-2H3;1H/t17-,19+,21-;/m0./s1. The van der Waals surface area contributed by atoms with E-state index in [1.807, 2.05) is 12.1 Å². The van der Waals surface area contributed by atoms with Crippen LogP contribution < -0.4 is 0 Å². The maximum absolute atomic E-state index is 13.9. The van der Waals surface area contributed by atoms with E-state index >= 15 is 0 Å². The lowest BCUT2D eigenvalue weighted by atomic mass is 9.88. The molecule has 0 aliphatic carbocycles.